The molecule has 0 unspecified atom stereocenters. The summed E-state index contributed by atoms with van der Waals surface area (Å²) in [6.45, 7) is 30.6. The molecule has 0 aliphatic carbocycles. The summed E-state index contributed by atoms with van der Waals surface area (Å²) >= 11 is 1.85. The van der Waals surface area contributed by atoms with E-state index in [9.17, 15) is 9.90 Å². The Morgan fingerprint density at radius 3 is 1.92 bits per heavy atom. The number of aromatic nitrogens is 2. The van der Waals surface area contributed by atoms with E-state index in [1.54, 1.807) is 6.33 Å². The average Bonchev–Trinajstić information content (AvgIpc) is 3.38. The first-order chi connectivity index (χ1) is 23.2. The Morgan fingerprint density at radius 2 is 1.37 bits per heavy atom. The molecule has 2 aromatic heterocycles. The van der Waals surface area contributed by atoms with Gasteiger partial charge in [-0.25, -0.2) is 4.98 Å². The molecule has 1 N–H and O–H groups in total. The van der Waals surface area contributed by atoms with Crippen molar-refractivity contribution in [2.24, 2.45) is 35.5 Å². The first-order valence-electron chi connectivity index (χ1n) is 18.3. The van der Waals surface area contributed by atoms with Crippen LogP contribution in [0.25, 0.3) is 42.3 Å². The van der Waals surface area contributed by atoms with Crippen LogP contribution in [0, 0.1) is 41.6 Å². The van der Waals surface area contributed by atoms with Gasteiger partial charge >= 0.3 is 0 Å². The van der Waals surface area contributed by atoms with Gasteiger partial charge in [0.25, 0.3) is 0 Å². The van der Waals surface area contributed by atoms with Crippen LogP contribution in [-0.2, 0) is 30.3 Å². The molecule has 0 fully saturated rings. The van der Waals surface area contributed by atoms with Crippen molar-refractivity contribution in [1.29, 1.82) is 0 Å². The molecule has 0 spiro atoms. The second-order valence-electron chi connectivity index (χ2n) is 17.3. The van der Waals surface area contributed by atoms with E-state index in [0.717, 1.165) is 26.9 Å². The Bertz CT molecular complexity index is 1980. The fraction of sp³-hybridized carbons (Fsp3) is 0.477. The third-order valence-corrected chi connectivity index (χ3v) is 13.2. The summed E-state index contributed by atoms with van der Waals surface area (Å²) in [5.41, 5.74) is 4.46. The maximum Gasteiger partial charge on any atom is 0.162 e. The SMILES string of the molecule is CC(C)(C)c1cc(-c2ncnc3c2sc2c([Si](C)(C)C)cccc23)[c-]c2ccccc12.CC(C)C(C(=O)/C=C(\O)C(C(C)C)C(C)C)C(C)C.[Ir]. The smallest absolute Gasteiger partial charge is 0.162 e. The van der Waals surface area contributed by atoms with Gasteiger partial charge in [-0.05, 0) is 34.3 Å². The number of hydrogen-bond donors (Lipinski definition) is 1. The van der Waals surface area contributed by atoms with E-state index in [0.29, 0.717) is 23.7 Å². The Balaban J connectivity index is 0.000000306. The van der Waals surface area contributed by atoms with Crippen LogP contribution >= 0.6 is 11.3 Å². The molecule has 277 valence electrons. The molecule has 3 aromatic carbocycles. The molecule has 0 aliphatic rings. The molecule has 0 saturated heterocycles. The van der Waals surface area contributed by atoms with Gasteiger partial charge in [-0.3, -0.25) is 9.78 Å². The standard InChI is InChI=1S/C27H27N2SSi.C17H32O2.Ir/c1-27(2,3)21-15-18(14-17-10-7-8-11-19(17)21)23-26-24(29-16-28-23)20-12-9-13-22(25(20)30-26)31(4,5)6;1-10(2)16(11(3)4)14(18)9-15(19)17(12(5)6)13(7)8;/h7-13,15-16H,1-6H3;9-13,16-18H,1-8H3;/q-1;;/b;14-9-;. The van der Waals surface area contributed by atoms with E-state index < -0.39 is 8.07 Å². The zero-order chi connectivity index (χ0) is 37.3. The molecule has 0 amide bonds. The van der Waals surface area contributed by atoms with E-state index in [2.05, 4.69) is 150 Å². The number of ketones is 1. The fourth-order valence-electron chi connectivity index (χ4n) is 7.58. The first-order valence-corrected chi connectivity index (χ1v) is 22.6. The summed E-state index contributed by atoms with van der Waals surface area (Å²) in [7, 11) is -1.47. The van der Waals surface area contributed by atoms with Crippen molar-refractivity contribution in [1.82, 2.24) is 9.97 Å². The number of aliphatic hydroxyl groups is 1. The van der Waals surface area contributed by atoms with E-state index >= 15 is 0 Å². The van der Waals surface area contributed by atoms with Crippen LogP contribution in [0.3, 0.4) is 0 Å². The van der Waals surface area contributed by atoms with Crippen molar-refractivity contribution in [3.63, 3.8) is 0 Å². The Kier molecular flexibility index (Phi) is 14.2. The summed E-state index contributed by atoms with van der Waals surface area (Å²) in [6.07, 6.45) is 3.19. The van der Waals surface area contributed by atoms with Crippen LogP contribution in [0.2, 0.25) is 19.6 Å². The molecule has 51 heavy (non-hydrogen) atoms. The number of carbonyl (C=O) groups excluding carboxylic acids is 1. The van der Waals surface area contributed by atoms with Gasteiger partial charge in [-0.2, -0.15) is 0 Å². The average molecular weight is 900 g/mol. The molecule has 7 heteroatoms. The molecule has 0 atom stereocenters. The van der Waals surface area contributed by atoms with E-state index in [4.69, 9.17) is 9.97 Å². The molecule has 5 aromatic rings. The maximum atomic E-state index is 12.3. The molecule has 0 saturated carbocycles. The minimum atomic E-state index is -1.47. The second-order valence-corrected chi connectivity index (χ2v) is 23.4. The number of rotatable bonds is 9. The van der Waals surface area contributed by atoms with Crippen molar-refractivity contribution in [3.8, 4) is 11.3 Å². The Morgan fingerprint density at radius 1 is 0.804 bits per heavy atom. The molecule has 2 heterocycles. The Hall–Kier alpha value is -2.70. The predicted molar refractivity (Wildman–Crippen MR) is 220 cm³/mol. The van der Waals surface area contributed by atoms with Gasteiger partial charge < -0.3 is 5.11 Å². The summed E-state index contributed by atoms with van der Waals surface area (Å²) < 4.78 is 2.53. The van der Waals surface area contributed by atoms with Gasteiger partial charge in [-0.15, -0.1) is 40.5 Å². The molecule has 0 aliphatic heterocycles. The molecular weight excluding hydrogens is 841 g/mol. The van der Waals surface area contributed by atoms with Crippen molar-refractivity contribution >= 4 is 61.5 Å². The minimum Gasteiger partial charge on any atom is -0.512 e. The minimum absolute atomic E-state index is 0. The number of nitrogens with zero attached hydrogens (tertiary/aromatic N) is 2. The third kappa shape index (κ3) is 9.65. The van der Waals surface area contributed by atoms with Crippen molar-refractivity contribution in [2.45, 2.75) is 101 Å². The molecule has 4 nitrogen and oxygen atoms in total. The molecule has 5 rings (SSSR count). The topological polar surface area (TPSA) is 63.1 Å². The van der Waals surface area contributed by atoms with Crippen LogP contribution in [-0.4, -0.2) is 28.9 Å². The predicted octanol–water partition coefficient (Wildman–Crippen LogP) is 12.2. The van der Waals surface area contributed by atoms with Crippen LogP contribution < -0.4 is 5.19 Å². The van der Waals surface area contributed by atoms with Crippen LogP contribution in [0.5, 0.6) is 0 Å². The first kappa shape index (κ1) is 42.7. The van der Waals surface area contributed by atoms with Crippen molar-refractivity contribution < 1.29 is 30.0 Å². The third-order valence-electron chi connectivity index (χ3n) is 9.76. The maximum absolute atomic E-state index is 12.3. The van der Waals surface area contributed by atoms with Crippen LogP contribution in [0.1, 0.15) is 81.7 Å². The second kappa shape index (κ2) is 17.0. The zero-order valence-electron chi connectivity index (χ0n) is 33.2. The molecular formula is C44H59IrN2O2SSi-. The largest absolute Gasteiger partial charge is 0.512 e. The summed E-state index contributed by atoms with van der Waals surface area (Å²) in [4.78, 5) is 21.8. The number of carbonyl (C=O) groups is 1. The summed E-state index contributed by atoms with van der Waals surface area (Å²) in [6, 6.07) is 21.2. The van der Waals surface area contributed by atoms with Gasteiger partial charge in [0.15, 0.2) is 5.78 Å². The van der Waals surface area contributed by atoms with Gasteiger partial charge in [-0.1, -0.05) is 143 Å². The number of thiophene rings is 1. The monoisotopic (exact) mass is 900 g/mol. The van der Waals surface area contributed by atoms with Crippen LogP contribution in [0.4, 0.5) is 0 Å². The number of aliphatic hydroxyl groups excluding tert-OH is 1. The summed E-state index contributed by atoms with van der Waals surface area (Å²) in [5.74, 6) is 1.63. The zero-order valence-corrected chi connectivity index (χ0v) is 37.4. The van der Waals surface area contributed by atoms with Crippen molar-refractivity contribution in [3.05, 3.63) is 78.3 Å². The van der Waals surface area contributed by atoms with Crippen molar-refractivity contribution in [2.75, 3.05) is 0 Å². The van der Waals surface area contributed by atoms with E-state index in [-0.39, 0.29) is 48.9 Å². The quantitative estimate of drug-likeness (QED) is 0.0693. The van der Waals surface area contributed by atoms with E-state index in [1.807, 2.05) is 11.3 Å². The van der Waals surface area contributed by atoms with Gasteiger partial charge in [0, 0.05) is 58.5 Å². The number of benzene rings is 3. The number of hydrogen-bond acceptors (Lipinski definition) is 5. The van der Waals surface area contributed by atoms with E-state index in [1.165, 1.54) is 32.3 Å². The number of fused-ring (bicyclic) bond motifs is 4. The van der Waals surface area contributed by atoms with Gasteiger partial charge in [0.05, 0.1) is 19.3 Å². The summed E-state index contributed by atoms with van der Waals surface area (Å²) in [5, 5.41) is 15.4. The normalized spacial score (nSPS) is 12.9. The van der Waals surface area contributed by atoms with Gasteiger partial charge in [0.1, 0.15) is 6.33 Å². The number of allylic oxidation sites excluding steroid dienone is 2. The van der Waals surface area contributed by atoms with Crippen LogP contribution in [0.15, 0.2) is 66.7 Å². The molecule has 1 radical (unpaired) electrons. The fourth-order valence-corrected chi connectivity index (χ4v) is 11.2. The van der Waals surface area contributed by atoms with Gasteiger partial charge in [0.2, 0.25) is 0 Å². The molecule has 0 bridgehead atoms. The Labute approximate surface area is 326 Å².